The molecule has 0 aromatic rings. The molecular formula is C10H14O3. The maximum atomic E-state index is 11.1. The van der Waals surface area contributed by atoms with Crippen molar-refractivity contribution in [3.05, 3.63) is 11.1 Å². The monoisotopic (exact) mass is 182 g/mol. The van der Waals surface area contributed by atoms with E-state index in [1.54, 1.807) is 6.92 Å². The Kier molecular flexibility index (Phi) is 3.23. The number of carbonyl (C=O) groups excluding carboxylic acids is 2. The average Bonchev–Trinajstić information content (AvgIpc) is 2.17. The molecule has 0 atom stereocenters. The number of Topliss-reactive ketones (excluding diaryl/α,β-unsaturated/α-hetero) is 1. The van der Waals surface area contributed by atoms with Crippen molar-refractivity contribution in [3.8, 4) is 0 Å². The first-order valence-electron chi connectivity index (χ1n) is 4.43. The molecule has 3 nitrogen and oxygen atoms in total. The van der Waals surface area contributed by atoms with Gasteiger partial charge in [-0.25, -0.2) is 4.79 Å². The van der Waals surface area contributed by atoms with Crippen LogP contribution in [0, 0.1) is 0 Å². The molecule has 0 bridgehead atoms. The molecule has 3 heteroatoms. The van der Waals surface area contributed by atoms with Gasteiger partial charge < -0.3 is 4.74 Å². The predicted molar refractivity (Wildman–Crippen MR) is 48.2 cm³/mol. The smallest absolute Gasteiger partial charge is 0.333 e. The van der Waals surface area contributed by atoms with Crippen LogP contribution in [0.4, 0.5) is 0 Å². The van der Waals surface area contributed by atoms with Crippen LogP contribution in [0.3, 0.4) is 0 Å². The van der Waals surface area contributed by atoms with Gasteiger partial charge in [0.25, 0.3) is 0 Å². The number of carbonyl (C=O) groups is 2. The van der Waals surface area contributed by atoms with Crippen LogP contribution in [0.2, 0.25) is 0 Å². The van der Waals surface area contributed by atoms with Gasteiger partial charge in [-0.3, -0.25) is 4.79 Å². The van der Waals surface area contributed by atoms with Crippen molar-refractivity contribution in [1.29, 1.82) is 0 Å². The highest BCUT2D eigenvalue weighted by molar-refractivity contribution is 5.89. The summed E-state index contributed by atoms with van der Waals surface area (Å²) in [5, 5.41) is 0. The highest BCUT2D eigenvalue weighted by Crippen LogP contribution is 2.24. The number of ether oxygens (including phenoxy) is 1. The van der Waals surface area contributed by atoms with Crippen molar-refractivity contribution in [2.75, 3.05) is 7.11 Å². The summed E-state index contributed by atoms with van der Waals surface area (Å²) in [6, 6.07) is 0. The molecule has 1 aliphatic rings. The van der Waals surface area contributed by atoms with E-state index in [0.717, 1.165) is 18.4 Å². The van der Waals surface area contributed by atoms with E-state index >= 15 is 0 Å². The molecule has 0 heterocycles. The molecule has 72 valence electrons. The molecule has 0 spiro atoms. The Morgan fingerprint density at radius 3 is 2.23 bits per heavy atom. The van der Waals surface area contributed by atoms with Crippen LogP contribution in [0.15, 0.2) is 11.1 Å². The minimum Gasteiger partial charge on any atom is -0.466 e. The second-order valence-corrected chi connectivity index (χ2v) is 3.26. The first-order valence-corrected chi connectivity index (χ1v) is 4.43. The molecule has 0 unspecified atom stereocenters. The van der Waals surface area contributed by atoms with E-state index in [9.17, 15) is 9.59 Å². The second-order valence-electron chi connectivity index (χ2n) is 3.26. The molecule has 0 saturated heterocycles. The van der Waals surface area contributed by atoms with Gasteiger partial charge in [-0.1, -0.05) is 5.57 Å². The fraction of sp³-hybridized carbons (Fsp3) is 0.600. The lowest BCUT2D eigenvalue weighted by Gasteiger charge is -2.15. The van der Waals surface area contributed by atoms with Crippen molar-refractivity contribution in [3.63, 3.8) is 0 Å². The fourth-order valence-corrected chi connectivity index (χ4v) is 1.50. The molecule has 1 rings (SSSR count). The molecule has 0 aliphatic heterocycles. The Hall–Kier alpha value is -1.12. The molecule has 13 heavy (non-hydrogen) atoms. The van der Waals surface area contributed by atoms with Crippen LogP contribution in [-0.2, 0) is 14.3 Å². The number of rotatable bonds is 1. The summed E-state index contributed by atoms with van der Waals surface area (Å²) in [6.07, 6.45) is 2.59. The number of esters is 1. The van der Waals surface area contributed by atoms with Crippen molar-refractivity contribution >= 4 is 11.8 Å². The summed E-state index contributed by atoms with van der Waals surface area (Å²) in [5.74, 6) is 0.0192. The Balaban J connectivity index is 2.69. The van der Waals surface area contributed by atoms with Gasteiger partial charge in [-0.05, 0) is 19.8 Å². The molecule has 0 aromatic carbocycles. The van der Waals surface area contributed by atoms with Crippen molar-refractivity contribution < 1.29 is 14.3 Å². The molecule has 1 aliphatic carbocycles. The molecule has 0 amide bonds. The minimum absolute atomic E-state index is 0.274. The molecule has 1 fully saturated rings. The highest BCUT2D eigenvalue weighted by Gasteiger charge is 2.17. The maximum Gasteiger partial charge on any atom is 0.333 e. The minimum atomic E-state index is -0.274. The summed E-state index contributed by atoms with van der Waals surface area (Å²) in [7, 11) is 1.38. The zero-order chi connectivity index (χ0) is 9.84. The molecule has 1 saturated carbocycles. The third-order valence-electron chi connectivity index (χ3n) is 2.43. The topological polar surface area (TPSA) is 43.4 Å². The number of allylic oxidation sites excluding steroid dienone is 1. The quantitative estimate of drug-likeness (QED) is 0.457. The van der Waals surface area contributed by atoms with Crippen molar-refractivity contribution in [2.24, 2.45) is 0 Å². The number of ketones is 1. The van der Waals surface area contributed by atoms with Crippen LogP contribution in [0.25, 0.3) is 0 Å². The first kappa shape index (κ1) is 9.96. The second kappa shape index (κ2) is 4.21. The molecule has 0 radical (unpaired) electrons. The van der Waals surface area contributed by atoms with E-state index in [1.165, 1.54) is 7.11 Å². The first-order chi connectivity index (χ1) is 6.15. The van der Waals surface area contributed by atoms with E-state index < -0.39 is 0 Å². The Labute approximate surface area is 77.8 Å². The van der Waals surface area contributed by atoms with Gasteiger partial charge in [0.1, 0.15) is 5.78 Å². The zero-order valence-electron chi connectivity index (χ0n) is 8.05. The lowest BCUT2D eigenvalue weighted by atomic mass is 9.91. The van der Waals surface area contributed by atoms with Gasteiger partial charge >= 0.3 is 5.97 Å². The van der Waals surface area contributed by atoms with Crippen LogP contribution in [0.1, 0.15) is 32.6 Å². The van der Waals surface area contributed by atoms with E-state index in [4.69, 9.17) is 0 Å². The predicted octanol–water partition coefficient (Wildman–Crippen LogP) is 1.62. The Bertz CT molecular complexity index is 251. The van der Waals surface area contributed by atoms with E-state index in [2.05, 4.69) is 4.74 Å². The largest absolute Gasteiger partial charge is 0.466 e. The van der Waals surface area contributed by atoms with Gasteiger partial charge in [-0.15, -0.1) is 0 Å². The SMILES string of the molecule is COC(=O)C(C)=C1CCC(=O)CC1. The zero-order valence-corrected chi connectivity index (χ0v) is 8.05. The summed E-state index contributed by atoms with van der Waals surface area (Å²) in [5.41, 5.74) is 1.75. The highest BCUT2D eigenvalue weighted by atomic mass is 16.5. The average molecular weight is 182 g/mol. The van der Waals surface area contributed by atoms with E-state index in [1.807, 2.05) is 0 Å². The summed E-state index contributed by atoms with van der Waals surface area (Å²) >= 11 is 0. The van der Waals surface area contributed by atoms with E-state index in [0.29, 0.717) is 24.2 Å². The third kappa shape index (κ3) is 2.41. The van der Waals surface area contributed by atoms with Crippen molar-refractivity contribution in [1.82, 2.24) is 0 Å². The number of hydrogen-bond donors (Lipinski definition) is 0. The molecule has 0 N–H and O–H groups in total. The Morgan fingerprint density at radius 1 is 1.23 bits per heavy atom. The Morgan fingerprint density at radius 2 is 1.77 bits per heavy atom. The summed E-state index contributed by atoms with van der Waals surface area (Å²) in [4.78, 5) is 22.1. The maximum absolute atomic E-state index is 11.1. The number of hydrogen-bond acceptors (Lipinski definition) is 3. The van der Waals surface area contributed by atoms with Crippen LogP contribution in [-0.4, -0.2) is 18.9 Å². The summed E-state index contributed by atoms with van der Waals surface area (Å²) in [6.45, 7) is 1.76. The normalized spacial score (nSPS) is 17.1. The standard InChI is InChI=1S/C10H14O3/c1-7(10(12)13-2)8-3-5-9(11)6-4-8/h3-6H2,1-2H3. The third-order valence-corrected chi connectivity index (χ3v) is 2.43. The van der Waals surface area contributed by atoms with Crippen LogP contribution in [0.5, 0.6) is 0 Å². The summed E-state index contributed by atoms with van der Waals surface area (Å²) < 4.78 is 4.61. The molecular weight excluding hydrogens is 168 g/mol. The van der Waals surface area contributed by atoms with Gasteiger partial charge in [0.2, 0.25) is 0 Å². The lowest BCUT2D eigenvalue weighted by molar-refractivity contribution is -0.136. The number of methoxy groups -OCH3 is 1. The lowest BCUT2D eigenvalue weighted by Crippen LogP contribution is -2.11. The van der Waals surface area contributed by atoms with Crippen molar-refractivity contribution in [2.45, 2.75) is 32.6 Å². The van der Waals surface area contributed by atoms with E-state index in [-0.39, 0.29) is 5.97 Å². The van der Waals surface area contributed by atoms with Gasteiger partial charge in [0, 0.05) is 18.4 Å². The fourth-order valence-electron chi connectivity index (χ4n) is 1.50. The van der Waals surface area contributed by atoms with Gasteiger partial charge in [-0.2, -0.15) is 0 Å². The van der Waals surface area contributed by atoms with Gasteiger partial charge in [0.05, 0.1) is 7.11 Å². The molecule has 0 aromatic heterocycles. The van der Waals surface area contributed by atoms with Crippen LogP contribution < -0.4 is 0 Å². The van der Waals surface area contributed by atoms with Crippen LogP contribution >= 0.6 is 0 Å². The van der Waals surface area contributed by atoms with Gasteiger partial charge in [0.15, 0.2) is 0 Å².